The quantitative estimate of drug-likeness (QED) is 0.870. The molecule has 0 aromatic heterocycles. The molecule has 4 heteroatoms. The van der Waals surface area contributed by atoms with Gasteiger partial charge in [-0.15, -0.1) is 0 Å². The second kappa shape index (κ2) is 5.52. The second-order valence-electron chi connectivity index (χ2n) is 5.12. The molecule has 0 aliphatic carbocycles. The number of hydrogen-bond acceptors (Lipinski definition) is 2. The minimum Gasteiger partial charge on any atom is -0.480 e. The van der Waals surface area contributed by atoms with Gasteiger partial charge >= 0.3 is 5.97 Å². The van der Waals surface area contributed by atoms with Gasteiger partial charge in [-0.1, -0.05) is 23.7 Å². The number of aliphatic carboxylic acids is 1. The zero-order valence-corrected chi connectivity index (χ0v) is 11.1. The van der Waals surface area contributed by atoms with Crippen LogP contribution >= 0.6 is 11.6 Å². The Balaban J connectivity index is 2.77. The van der Waals surface area contributed by atoms with Crippen molar-refractivity contribution in [3.63, 3.8) is 0 Å². The lowest BCUT2D eigenvalue weighted by atomic mass is 10.0. The summed E-state index contributed by atoms with van der Waals surface area (Å²) < 4.78 is 0. The van der Waals surface area contributed by atoms with Gasteiger partial charge < -0.3 is 5.11 Å². The summed E-state index contributed by atoms with van der Waals surface area (Å²) in [4.78, 5) is 11.2. The number of rotatable bonds is 4. The molecule has 1 aromatic rings. The molecule has 1 unspecified atom stereocenters. The average molecular weight is 256 g/mol. The normalized spacial score (nSPS) is 13.4. The van der Waals surface area contributed by atoms with Crippen molar-refractivity contribution in [3.05, 3.63) is 34.9 Å². The maximum absolute atomic E-state index is 11.2. The van der Waals surface area contributed by atoms with E-state index in [2.05, 4.69) is 5.32 Å². The van der Waals surface area contributed by atoms with Gasteiger partial charge in [0.05, 0.1) is 0 Å². The maximum atomic E-state index is 11.2. The van der Waals surface area contributed by atoms with Crippen LogP contribution in [0.2, 0.25) is 5.02 Å². The SMILES string of the molecule is CC(C)(C)NC(Cc1cccc(Cl)c1)C(=O)O. The fourth-order valence-electron chi connectivity index (χ4n) is 1.62. The van der Waals surface area contributed by atoms with Gasteiger partial charge in [0.25, 0.3) is 0 Å². The van der Waals surface area contributed by atoms with Gasteiger partial charge in [-0.05, 0) is 44.9 Å². The van der Waals surface area contributed by atoms with Crippen molar-refractivity contribution in [3.8, 4) is 0 Å². The van der Waals surface area contributed by atoms with E-state index in [1.54, 1.807) is 12.1 Å². The van der Waals surface area contributed by atoms with Crippen LogP contribution in [0.1, 0.15) is 26.3 Å². The summed E-state index contributed by atoms with van der Waals surface area (Å²) in [5.41, 5.74) is 0.684. The lowest BCUT2D eigenvalue weighted by molar-refractivity contribution is -0.140. The van der Waals surface area contributed by atoms with E-state index in [0.29, 0.717) is 11.4 Å². The smallest absolute Gasteiger partial charge is 0.321 e. The molecule has 0 bridgehead atoms. The van der Waals surface area contributed by atoms with Gasteiger partial charge in [0, 0.05) is 10.6 Å². The van der Waals surface area contributed by atoms with Gasteiger partial charge in [-0.25, -0.2) is 0 Å². The second-order valence-corrected chi connectivity index (χ2v) is 5.56. The van der Waals surface area contributed by atoms with Crippen LogP contribution in [-0.2, 0) is 11.2 Å². The van der Waals surface area contributed by atoms with Crippen LogP contribution in [0.5, 0.6) is 0 Å². The number of halogens is 1. The van der Waals surface area contributed by atoms with E-state index < -0.39 is 12.0 Å². The number of carboxylic acid groups (broad SMARTS) is 1. The van der Waals surface area contributed by atoms with Crippen molar-refractivity contribution < 1.29 is 9.90 Å². The highest BCUT2D eigenvalue weighted by molar-refractivity contribution is 6.30. The van der Waals surface area contributed by atoms with Crippen molar-refractivity contribution in [2.24, 2.45) is 0 Å². The summed E-state index contributed by atoms with van der Waals surface area (Å²) in [5.74, 6) is -0.847. The number of carbonyl (C=O) groups is 1. The Morgan fingerprint density at radius 1 is 1.47 bits per heavy atom. The van der Waals surface area contributed by atoms with Crippen molar-refractivity contribution in [2.45, 2.75) is 38.8 Å². The lowest BCUT2D eigenvalue weighted by Crippen LogP contribution is -2.48. The molecule has 0 heterocycles. The fraction of sp³-hybridized carbons (Fsp3) is 0.462. The Bertz CT molecular complexity index is 399. The number of carboxylic acids is 1. The first kappa shape index (κ1) is 14.0. The Hall–Kier alpha value is -1.06. The van der Waals surface area contributed by atoms with Gasteiger partial charge in [0.1, 0.15) is 6.04 Å². The highest BCUT2D eigenvalue weighted by atomic mass is 35.5. The first-order valence-electron chi connectivity index (χ1n) is 5.53. The van der Waals surface area contributed by atoms with Crippen LogP contribution in [0.3, 0.4) is 0 Å². The third kappa shape index (κ3) is 5.20. The molecule has 0 amide bonds. The molecule has 2 N–H and O–H groups in total. The highest BCUT2D eigenvalue weighted by Crippen LogP contribution is 2.13. The number of nitrogens with one attached hydrogen (secondary N) is 1. The van der Waals surface area contributed by atoms with Crippen molar-refractivity contribution in [1.82, 2.24) is 5.32 Å². The predicted molar refractivity (Wildman–Crippen MR) is 69.5 cm³/mol. The summed E-state index contributed by atoms with van der Waals surface area (Å²) in [6.07, 6.45) is 0.424. The molecule has 0 fully saturated rings. The largest absolute Gasteiger partial charge is 0.480 e. The topological polar surface area (TPSA) is 49.3 Å². The predicted octanol–water partition coefficient (Wildman–Crippen LogP) is 2.72. The number of benzene rings is 1. The van der Waals surface area contributed by atoms with E-state index in [9.17, 15) is 9.90 Å². The molecule has 1 rings (SSSR count). The van der Waals surface area contributed by atoms with Gasteiger partial charge in [-0.2, -0.15) is 0 Å². The lowest BCUT2D eigenvalue weighted by Gasteiger charge is -2.26. The third-order valence-electron chi connectivity index (χ3n) is 2.23. The van der Waals surface area contributed by atoms with E-state index in [1.807, 2.05) is 32.9 Å². The molecule has 3 nitrogen and oxygen atoms in total. The summed E-state index contributed by atoms with van der Waals surface area (Å²) in [6, 6.07) is 6.67. The Kier molecular flexibility index (Phi) is 4.54. The molecule has 1 atom stereocenters. The zero-order valence-electron chi connectivity index (χ0n) is 10.3. The molecule has 94 valence electrons. The molecule has 0 saturated carbocycles. The molecule has 0 saturated heterocycles. The van der Waals surface area contributed by atoms with Crippen molar-refractivity contribution in [1.29, 1.82) is 0 Å². The highest BCUT2D eigenvalue weighted by Gasteiger charge is 2.23. The Morgan fingerprint density at radius 3 is 2.59 bits per heavy atom. The van der Waals surface area contributed by atoms with Crippen LogP contribution in [0, 0.1) is 0 Å². The Morgan fingerprint density at radius 2 is 2.12 bits per heavy atom. The van der Waals surface area contributed by atoms with Crippen LogP contribution < -0.4 is 5.32 Å². The Labute approximate surface area is 107 Å². The van der Waals surface area contributed by atoms with Gasteiger partial charge in [-0.3, -0.25) is 10.1 Å². The van der Waals surface area contributed by atoms with E-state index in [1.165, 1.54) is 0 Å². The standard InChI is InChI=1S/C13H18ClNO2/c1-13(2,3)15-11(12(16)17)8-9-5-4-6-10(14)7-9/h4-7,11,15H,8H2,1-3H3,(H,16,17). The first-order valence-corrected chi connectivity index (χ1v) is 5.91. The molecular formula is C13H18ClNO2. The average Bonchev–Trinajstić information content (AvgIpc) is 2.14. The maximum Gasteiger partial charge on any atom is 0.321 e. The molecular weight excluding hydrogens is 238 g/mol. The zero-order chi connectivity index (χ0) is 13.1. The van der Waals surface area contributed by atoms with Gasteiger partial charge in [0.15, 0.2) is 0 Å². The van der Waals surface area contributed by atoms with E-state index in [-0.39, 0.29) is 5.54 Å². The van der Waals surface area contributed by atoms with Crippen LogP contribution in [0.4, 0.5) is 0 Å². The first-order chi connectivity index (χ1) is 7.78. The van der Waals surface area contributed by atoms with E-state index in [0.717, 1.165) is 5.56 Å². The molecule has 17 heavy (non-hydrogen) atoms. The summed E-state index contributed by atoms with van der Waals surface area (Å²) >= 11 is 5.87. The van der Waals surface area contributed by atoms with Crippen molar-refractivity contribution >= 4 is 17.6 Å². The minimum absolute atomic E-state index is 0.234. The monoisotopic (exact) mass is 255 g/mol. The van der Waals surface area contributed by atoms with Gasteiger partial charge in [0.2, 0.25) is 0 Å². The molecule has 0 radical (unpaired) electrons. The minimum atomic E-state index is -0.847. The molecule has 0 aliphatic rings. The summed E-state index contributed by atoms with van der Waals surface area (Å²) in [6.45, 7) is 5.84. The fourth-order valence-corrected chi connectivity index (χ4v) is 1.84. The van der Waals surface area contributed by atoms with Crippen molar-refractivity contribution in [2.75, 3.05) is 0 Å². The van der Waals surface area contributed by atoms with Crippen LogP contribution in [-0.4, -0.2) is 22.7 Å². The van der Waals surface area contributed by atoms with E-state index >= 15 is 0 Å². The molecule has 0 spiro atoms. The molecule has 1 aromatic carbocycles. The summed E-state index contributed by atoms with van der Waals surface area (Å²) in [7, 11) is 0. The van der Waals surface area contributed by atoms with Crippen LogP contribution in [0.25, 0.3) is 0 Å². The van der Waals surface area contributed by atoms with Crippen LogP contribution in [0.15, 0.2) is 24.3 Å². The summed E-state index contributed by atoms with van der Waals surface area (Å²) in [5, 5.41) is 12.9. The number of hydrogen-bond donors (Lipinski definition) is 2. The van der Waals surface area contributed by atoms with E-state index in [4.69, 9.17) is 11.6 Å². The third-order valence-corrected chi connectivity index (χ3v) is 2.47. The molecule has 0 aliphatic heterocycles.